The molecule has 2 fully saturated rings. The predicted octanol–water partition coefficient (Wildman–Crippen LogP) is 1.78. The number of amides is 2. The van der Waals surface area contributed by atoms with Crippen molar-refractivity contribution in [2.24, 2.45) is 5.92 Å². The molecule has 1 aliphatic carbocycles. The minimum absolute atomic E-state index is 0.0843. The summed E-state index contributed by atoms with van der Waals surface area (Å²) in [5, 5.41) is 8.91. The number of carbonyl (C=O) groups is 2. The smallest absolute Gasteiger partial charge is 0.323 e. The molecule has 2 amide bonds. The van der Waals surface area contributed by atoms with Crippen LogP contribution in [0.25, 0.3) is 0 Å². The van der Waals surface area contributed by atoms with Crippen LogP contribution in [0.3, 0.4) is 0 Å². The zero-order valence-electron chi connectivity index (χ0n) is 11.1. The molecule has 0 bridgehead atoms. The van der Waals surface area contributed by atoms with Crippen molar-refractivity contribution in [3.8, 4) is 0 Å². The van der Waals surface area contributed by atoms with Gasteiger partial charge in [-0.25, -0.2) is 4.79 Å². The molecule has 1 heterocycles. The van der Waals surface area contributed by atoms with Crippen molar-refractivity contribution in [1.29, 1.82) is 0 Å². The minimum atomic E-state index is -0.923. The largest absolute Gasteiger partial charge is 0.480 e. The lowest BCUT2D eigenvalue weighted by Crippen LogP contribution is -2.52. The first kappa shape index (κ1) is 13.2. The zero-order chi connectivity index (χ0) is 13.3. The van der Waals surface area contributed by atoms with Crippen molar-refractivity contribution in [3.05, 3.63) is 0 Å². The SMILES string of the molecule is CC1CCC(C)N(C(=O)N(CC(=O)O)C2CC2)C1. The van der Waals surface area contributed by atoms with E-state index in [0.717, 1.165) is 32.2 Å². The highest BCUT2D eigenvalue weighted by Crippen LogP contribution is 2.30. The summed E-state index contributed by atoms with van der Waals surface area (Å²) in [6.07, 6.45) is 4.04. The van der Waals surface area contributed by atoms with Gasteiger partial charge in [0.2, 0.25) is 0 Å². The molecule has 102 valence electrons. The van der Waals surface area contributed by atoms with Gasteiger partial charge in [0.1, 0.15) is 6.54 Å². The summed E-state index contributed by atoms with van der Waals surface area (Å²) in [4.78, 5) is 26.7. The molecule has 2 atom stereocenters. The molecule has 1 saturated heterocycles. The van der Waals surface area contributed by atoms with Crippen LogP contribution in [0.2, 0.25) is 0 Å². The lowest BCUT2D eigenvalue weighted by Gasteiger charge is -2.39. The Bertz CT molecular complexity index is 341. The van der Waals surface area contributed by atoms with Crippen LogP contribution >= 0.6 is 0 Å². The fourth-order valence-corrected chi connectivity index (χ4v) is 2.61. The fraction of sp³-hybridized carbons (Fsp3) is 0.846. The van der Waals surface area contributed by atoms with E-state index in [4.69, 9.17) is 5.11 Å². The maximum atomic E-state index is 12.5. The van der Waals surface area contributed by atoms with Gasteiger partial charge in [0.05, 0.1) is 0 Å². The van der Waals surface area contributed by atoms with E-state index in [9.17, 15) is 9.59 Å². The molecule has 5 heteroatoms. The molecule has 2 aliphatic rings. The average Bonchev–Trinajstić information content (AvgIpc) is 3.12. The van der Waals surface area contributed by atoms with E-state index in [-0.39, 0.29) is 24.7 Å². The van der Waals surface area contributed by atoms with E-state index in [1.165, 1.54) is 4.90 Å². The second-order valence-electron chi connectivity index (χ2n) is 5.72. The number of urea groups is 1. The van der Waals surface area contributed by atoms with Gasteiger partial charge in [0.25, 0.3) is 0 Å². The van der Waals surface area contributed by atoms with Crippen molar-refractivity contribution in [2.75, 3.05) is 13.1 Å². The quantitative estimate of drug-likeness (QED) is 0.835. The van der Waals surface area contributed by atoms with Crippen LogP contribution in [0.4, 0.5) is 4.79 Å². The van der Waals surface area contributed by atoms with Crippen molar-refractivity contribution in [1.82, 2.24) is 9.80 Å². The summed E-state index contributed by atoms with van der Waals surface area (Å²) in [5.41, 5.74) is 0. The van der Waals surface area contributed by atoms with E-state index in [1.54, 1.807) is 0 Å². The Kier molecular flexibility index (Phi) is 3.78. The summed E-state index contributed by atoms with van der Waals surface area (Å²) in [7, 11) is 0. The molecule has 1 aliphatic heterocycles. The van der Waals surface area contributed by atoms with Crippen LogP contribution in [-0.2, 0) is 4.79 Å². The molecule has 18 heavy (non-hydrogen) atoms. The van der Waals surface area contributed by atoms with Gasteiger partial charge in [-0.3, -0.25) is 4.79 Å². The van der Waals surface area contributed by atoms with E-state index < -0.39 is 5.97 Å². The Balaban J connectivity index is 2.04. The van der Waals surface area contributed by atoms with Gasteiger partial charge >= 0.3 is 12.0 Å². The zero-order valence-corrected chi connectivity index (χ0v) is 11.1. The number of piperidine rings is 1. The highest BCUT2D eigenvalue weighted by molar-refractivity contribution is 5.81. The number of hydrogen-bond acceptors (Lipinski definition) is 2. The Morgan fingerprint density at radius 1 is 1.22 bits per heavy atom. The number of nitrogens with zero attached hydrogens (tertiary/aromatic N) is 2. The molecule has 0 aromatic heterocycles. The molecular formula is C13H22N2O3. The lowest BCUT2D eigenvalue weighted by atomic mass is 9.95. The molecule has 2 unspecified atom stereocenters. The van der Waals surface area contributed by atoms with Crippen molar-refractivity contribution in [3.63, 3.8) is 0 Å². The van der Waals surface area contributed by atoms with Gasteiger partial charge < -0.3 is 14.9 Å². The number of carboxylic acid groups (broad SMARTS) is 1. The third kappa shape index (κ3) is 2.94. The van der Waals surface area contributed by atoms with Crippen LogP contribution in [0.1, 0.15) is 39.5 Å². The second kappa shape index (κ2) is 5.16. The van der Waals surface area contributed by atoms with Gasteiger partial charge in [0, 0.05) is 18.6 Å². The van der Waals surface area contributed by atoms with E-state index in [2.05, 4.69) is 13.8 Å². The third-order valence-corrected chi connectivity index (χ3v) is 3.90. The van der Waals surface area contributed by atoms with Gasteiger partial charge in [-0.1, -0.05) is 6.92 Å². The van der Waals surface area contributed by atoms with Gasteiger partial charge in [-0.2, -0.15) is 0 Å². The van der Waals surface area contributed by atoms with Crippen LogP contribution in [-0.4, -0.2) is 52.1 Å². The molecule has 0 radical (unpaired) electrons. The van der Waals surface area contributed by atoms with Crippen LogP contribution in [0.15, 0.2) is 0 Å². The van der Waals surface area contributed by atoms with Crippen molar-refractivity contribution in [2.45, 2.75) is 51.6 Å². The molecule has 0 spiro atoms. The number of hydrogen-bond donors (Lipinski definition) is 1. The fourth-order valence-electron chi connectivity index (χ4n) is 2.61. The number of rotatable bonds is 3. The first-order valence-electron chi connectivity index (χ1n) is 6.78. The monoisotopic (exact) mass is 254 g/mol. The maximum absolute atomic E-state index is 12.5. The predicted molar refractivity (Wildman–Crippen MR) is 67.3 cm³/mol. The van der Waals surface area contributed by atoms with Crippen molar-refractivity contribution >= 4 is 12.0 Å². The molecule has 2 rings (SSSR count). The molecular weight excluding hydrogens is 232 g/mol. The second-order valence-corrected chi connectivity index (χ2v) is 5.72. The van der Waals surface area contributed by atoms with Gasteiger partial charge in [0.15, 0.2) is 0 Å². The highest BCUT2D eigenvalue weighted by atomic mass is 16.4. The molecule has 0 aromatic rings. The number of likely N-dealkylation sites (tertiary alicyclic amines) is 1. The Labute approximate surface area is 108 Å². The summed E-state index contributed by atoms with van der Waals surface area (Å²) in [6.45, 7) is 4.78. The van der Waals surface area contributed by atoms with Crippen LogP contribution in [0.5, 0.6) is 0 Å². The van der Waals surface area contributed by atoms with Crippen LogP contribution < -0.4 is 0 Å². The Morgan fingerprint density at radius 3 is 2.44 bits per heavy atom. The standard InChI is InChI=1S/C13H22N2O3/c1-9-3-4-10(2)14(7-9)13(18)15(8-12(16)17)11-5-6-11/h9-11H,3-8H2,1-2H3,(H,16,17). The topological polar surface area (TPSA) is 60.9 Å². The molecule has 1 saturated carbocycles. The lowest BCUT2D eigenvalue weighted by molar-refractivity contribution is -0.138. The van der Waals surface area contributed by atoms with Crippen molar-refractivity contribution < 1.29 is 14.7 Å². The first-order valence-corrected chi connectivity index (χ1v) is 6.78. The van der Waals surface area contributed by atoms with Gasteiger partial charge in [-0.15, -0.1) is 0 Å². The maximum Gasteiger partial charge on any atom is 0.323 e. The molecule has 0 aromatic carbocycles. The number of aliphatic carboxylic acids is 1. The normalized spacial score (nSPS) is 28.0. The highest BCUT2D eigenvalue weighted by Gasteiger charge is 2.38. The minimum Gasteiger partial charge on any atom is -0.480 e. The van der Waals surface area contributed by atoms with E-state index in [1.807, 2.05) is 4.90 Å². The van der Waals surface area contributed by atoms with Crippen LogP contribution in [0, 0.1) is 5.92 Å². The average molecular weight is 254 g/mol. The Morgan fingerprint density at radius 2 is 1.89 bits per heavy atom. The third-order valence-electron chi connectivity index (χ3n) is 3.90. The number of carbonyl (C=O) groups excluding carboxylic acids is 1. The number of carboxylic acids is 1. The summed E-state index contributed by atoms with van der Waals surface area (Å²) in [5.74, 6) is -0.413. The summed E-state index contributed by atoms with van der Waals surface area (Å²) in [6, 6.07) is 0.292. The van der Waals surface area contributed by atoms with E-state index >= 15 is 0 Å². The summed E-state index contributed by atoms with van der Waals surface area (Å²) >= 11 is 0. The van der Waals surface area contributed by atoms with Gasteiger partial charge in [-0.05, 0) is 38.5 Å². The first-order chi connectivity index (χ1) is 8.49. The Hall–Kier alpha value is -1.26. The molecule has 5 nitrogen and oxygen atoms in total. The summed E-state index contributed by atoms with van der Waals surface area (Å²) < 4.78 is 0. The van der Waals surface area contributed by atoms with E-state index in [0.29, 0.717) is 5.92 Å². The molecule has 1 N–H and O–H groups in total.